The van der Waals surface area contributed by atoms with E-state index >= 15 is 0 Å². The maximum atomic E-state index is 8.98. The Balaban J connectivity index is 2.81. The summed E-state index contributed by atoms with van der Waals surface area (Å²) >= 11 is 0. The van der Waals surface area contributed by atoms with Crippen molar-refractivity contribution in [1.82, 2.24) is 0 Å². The molecule has 2 N–H and O–H groups in total. The molecule has 0 spiro atoms. The fraction of sp³-hybridized carbons (Fsp3) is 0.385. The fourth-order valence-corrected chi connectivity index (χ4v) is 1.62. The van der Waals surface area contributed by atoms with Crippen LogP contribution in [0.2, 0.25) is 0 Å². The summed E-state index contributed by atoms with van der Waals surface area (Å²) < 4.78 is 0. The van der Waals surface area contributed by atoms with Gasteiger partial charge in [0, 0.05) is 17.9 Å². The molecule has 16 heavy (non-hydrogen) atoms. The van der Waals surface area contributed by atoms with Crippen molar-refractivity contribution in [2.24, 2.45) is 11.8 Å². The SMILES string of the molecule is CC(C)C(Nc1ccccc1)C(C#N)C=N. The van der Waals surface area contributed by atoms with Crippen molar-refractivity contribution < 1.29 is 0 Å². The average molecular weight is 215 g/mol. The number of nitrogens with one attached hydrogen (secondary N) is 2. The smallest absolute Gasteiger partial charge is 0.101 e. The predicted molar refractivity (Wildman–Crippen MR) is 66.6 cm³/mol. The predicted octanol–water partition coefficient (Wildman–Crippen LogP) is 2.91. The molecule has 84 valence electrons. The normalized spacial score (nSPS) is 13.9. The Kier molecular flexibility index (Phi) is 4.53. The third kappa shape index (κ3) is 3.09. The topological polar surface area (TPSA) is 59.7 Å². The summed E-state index contributed by atoms with van der Waals surface area (Å²) in [5, 5.41) is 19.6. The second kappa shape index (κ2) is 5.92. The number of anilines is 1. The number of hydrogen-bond donors (Lipinski definition) is 2. The van der Waals surface area contributed by atoms with Crippen molar-refractivity contribution in [3.05, 3.63) is 30.3 Å². The van der Waals surface area contributed by atoms with Crippen molar-refractivity contribution in [2.45, 2.75) is 19.9 Å². The van der Waals surface area contributed by atoms with E-state index in [4.69, 9.17) is 10.7 Å². The largest absolute Gasteiger partial charge is 0.380 e. The van der Waals surface area contributed by atoms with Gasteiger partial charge in [-0.3, -0.25) is 0 Å². The minimum atomic E-state index is -0.389. The Bertz CT molecular complexity index is 365. The lowest BCUT2D eigenvalue weighted by molar-refractivity contribution is 0.493. The van der Waals surface area contributed by atoms with Gasteiger partial charge in [-0.15, -0.1) is 0 Å². The van der Waals surface area contributed by atoms with Crippen LogP contribution in [0.4, 0.5) is 5.69 Å². The molecule has 1 rings (SSSR count). The number of hydrogen-bond acceptors (Lipinski definition) is 3. The van der Waals surface area contributed by atoms with Gasteiger partial charge in [-0.25, -0.2) is 0 Å². The molecule has 0 fully saturated rings. The van der Waals surface area contributed by atoms with E-state index in [1.807, 2.05) is 30.3 Å². The number of nitriles is 1. The molecule has 1 aromatic carbocycles. The van der Waals surface area contributed by atoms with Gasteiger partial charge in [0.25, 0.3) is 0 Å². The van der Waals surface area contributed by atoms with E-state index in [0.717, 1.165) is 5.69 Å². The maximum Gasteiger partial charge on any atom is 0.101 e. The maximum absolute atomic E-state index is 8.98. The van der Waals surface area contributed by atoms with Gasteiger partial charge in [0.1, 0.15) is 5.92 Å². The van der Waals surface area contributed by atoms with Gasteiger partial charge in [0.2, 0.25) is 0 Å². The summed E-state index contributed by atoms with van der Waals surface area (Å²) in [5.41, 5.74) is 0.989. The third-order valence-electron chi connectivity index (χ3n) is 2.54. The lowest BCUT2D eigenvalue weighted by Gasteiger charge is -2.25. The van der Waals surface area contributed by atoms with Crippen molar-refractivity contribution in [2.75, 3.05) is 5.32 Å². The van der Waals surface area contributed by atoms with Crippen LogP contribution in [0.5, 0.6) is 0 Å². The van der Waals surface area contributed by atoms with Gasteiger partial charge in [-0.05, 0) is 18.1 Å². The molecule has 3 nitrogen and oxygen atoms in total. The first-order chi connectivity index (χ1) is 7.69. The van der Waals surface area contributed by atoms with Gasteiger partial charge in [-0.1, -0.05) is 32.0 Å². The summed E-state index contributed by atoms with van der Waals surface area (Å²) in [7, 11) is 0. The summed E-state index contributed by atoms with van der Waals surface area (Å²) in [6.07, 6.45) is 1.21. The zero-order valence-electron chi connectivity index (χ0n) is 9.64. The van der Waals surface area contributed by atoms with Crippen LogP contribution in [0.25, 0.3) is 0 Å². The molecule has 2 atom stereocenters. The first kappa shape index (κ1) is 12.3. The van der Waals surface area contributed by atoms with E-state index in [-0.39, 0.29) is 12.0 Å². The first-order valence-electron chi connectivity index (χ1n) is 5.41. The molecule has 1 aromatic rings. The molecule has 3 heteroatoms. The lowest BCUT2D eigenvalue weighted by Crippen LogP contribution is -2.34. The van der Waals surface area contributed by atoms with Gasteiger partial charge in [-0.2, -0.15) is 5.26 Å². The van der Waals surface area contributed by atoms with Crippen molar-refractivity contribution in [1.29, 1.82) is 10.7 Å². The van der Waals surface area contributed by atoms with Gasteiger partial charge < -0.3 is 10.7 Å². The molecule has 0 saturated carbocycles. The van der Waals surface area contributed by atoms with Gasteiger partial charge >= 0.3 is 0 Å². The van der Waals surface area contributed by atoms with Crippen LogP contribution in [0.1, 0.15) is 13.8 Å². The van der Waals surface area contributed by atoms with Crippen LogP contribution in [-0.2, 0) is 0 Å². The molecule has 0 aliphatic rings. The zero-order valence-corrected chi connectivity index (χ0v) is 9.64. The Hall–Kier alpha value is -1.82. The van der Waals surface area contributed by atoms with Crippen LogP contribution >= 0.6 is 0 Å². The molecule has 0 aliphatic heterocycles. The molecular weight excluding hydrogens is 198 g/mol. The lowest BCUT2D eigenvalue weighted by atomic mass is 9.92. The minimum Gasteiger partial charge on any atom is -0.380 e. The van der Waals surface area contributed by atoms with E-state index in [1.54, 1.807) is 0 Å². The highest BCUT2D eigenvalue weighted by molar-refractivity contribution is 5.63. The molecule has 0 aromatic heterocycles. The zero-order chi connectivity index (χ0) is 12.0. The van der Waals surface area contributed by atoms with E-state index < -0.39 is 0 Å². The third-order valence-corrected chi connectivity index (χ3v) is 2.54. The van der Waals surface area contributed by atoms with Crippen LogP contribution < -0.4 is 5.32 Å². The molecule has 0 saturated heterocycles. The molecular formula is C13H17N3. The Morgan fingerprint density at radius 1 is 1.31 bits per heavy atom. The summed E-state index contributed by atoms with van der Waals surface area (Å²) in [4.78, 5) is 0. The highest BCUT2D eigenvalue weighted by atomic mass is 14.9. The molecule has 0 aliphatic carbocycles. The Morgan fingerprint density at radius 2 is 1.94 bits per heavy atom. The van der Waals surface area contributed by atoms with Crippen LogP contribution in [0.15, 0.2) is 30.3 Å². The number of para-hydroxylation sites is 1. The Labute approximate surface area is 96.6 Å². The number of rotatable bonds is 5. The second-order valence-electron chi connectivity index (χ2n) is 4.10. The van der Waals surface area contributed by atoms with Crippen LogP contribution in [0, 0.1) is 28.6 Å². The van der Waals surface area contributed by atoms with E-state index in [0.29, 0.717) is 5.92 Å². The van der Waals surface area contributed by atoms with Gasteiger partial charge in [0.05, 0.1) is 6.07 Å². The summed E-state index contributed by atoms with van der Waals surface area (Å²) in [6, 6.07) is 11.9. The van der Waals surface area contributed by atoms with Crippen molar-refractivity contribution in [3.8, 4) is 6.07 Å². The molecule has 0 heterocycles. The average Bonchev–Trinajstić information content (AvgIpc) is 2.30. The van der Waals surface area contributed by atoms with E-state index in [2.05, 4.69) is 25.2 Å². The molecule has 0 bridgehead atoms. The quantitative estimate of drug-likeness (QED) is 0.742. The summed E-state index contributed by atoms with van der Waals surface area (Å²) in [5.74, 6) is -0.0911. The minimum absolute atomic E-state index is 0.0232. The molecule has 2 unspecified atom stereocenters. The van der Waals surface area contributed by atoms with Crippen molar-refractivity contribution >= 4 is 11.9 Å². The highest BCUT2D eigenvalue weighted by Gasteiger charge is 2.22. The highest BCUT2D eigenvalue weighted by Crippen LogP contribution is 2.17. The van der Waals surface area contributed by atoms with Crippen LogP contribution in [-0.4, -0.2) is 12.3 Å². The standard InChI is InChI=1S/C13H17N3/c1-10(2)13(11(8-14)9-15)16-12-6-4-3-5-7-12/h3-8,10-11,13-14,16H,1-2H3. The fourth-order valence-electron chi connectivity index (χ4n) is 1.62. The van der Waals surface area contributed by atoms with Crippen molar-refractivity contribution in [3.63, 3.8) is 0 Å². The van der Waals surface area contributed by atoms with E-state index in [1.165, 1.54) is 6.21 Å². The van der Waals surface area contributed by atoms with Crippen LogP contribution in [0.3, 0.4) is 0 Å². The first-order valence-corrected chi connectivity index (χ1v) is 5.41. The summed E-state index contributed by atoms with van der Waals surface area (Å²) in [6.45, 7) is 4.10. The Morgan fingerprint density at radius 3 is 2.38 bits per heavy atom. The number of nitrogens with zero attached hydrogens (tertiary/aromatic N) is 1. The van der Waals surface area contributed by atoms with E-state index in [9.17, 15) is 0 Å². The molecule has 0 amide bonds. The second-order valence-corrected chi connectivity index (χ2v) is 4.10. The number of benzene rings is 1. The monoisotopic (exact) mass is 215 g/mol. The molecule has 0 radical (unpaired) electrons. The van der Waals surface area contributed by atoms with Gasteiger partial charge in [0.15, 0.2) is 0 Å².